The zero-order valence-corrected chi connectivity index (χ0v) is 16.9. The van der Waals surface area contributed by atoms with Gasteiger partial charge in [-0.15, -0.1) is 10.2 Å². The average Bonchev–Trinajstić information content (AvgIpc) is 3.01. The molecule has 2 N–H and O–H groups in total. The van der Waals surface area contributed by atoms with Crippen LogP contribution in [0.15, 0.2) is 51.5 Å². The molecule has 0 spiro atoms. The number of aromatic hydroxyl groups is 1. The first-order valence-electron chi connectivity index (χ1n) is 8.89. The number of nitrogens with one attached hydrogen (secondary N) is 1. The van der Waals surface area contributed by atoms with Crippen molar-refractivity contribution in [2.45, 2.75) is 18.7 Å². The van der Waals surface area contributed by atoms with Gasteiger partial charge in [0.1, 0.15) is 16.4 Å². The maximum absolute atomic E-state index is 13.6. The highest BCUT2D eigenvalue weighted by atomic mass is 32.2. The Kier molecular flexibility index (Phi) is 5.80. The van der Waals surface area contributed by atoms with E-state index in [1.165, 1.54) is 12.1 Å². The zero-order valence-electron chi connectivity index (χ0n) is 16.0. The van der Waals surface area contributed by atoms with Gasteiger partial charge in [-0.2, -0.15) is 4.31 Å². The third-order valence-electron chi connectivity index (χ3n) is 4.45. The van der Waals surface area contributed by atoms with Crippen molar-refractivity contribution in [2.24, 2.45) is 10.2 Å². The summed E-state index contributed by atoms with van der Waals surface area (Å²) >= 11 is 0. The number of sulfonamides is 1. The summed E-state index contributed by atoms with van der Waals surface area (Å²) in [4.78, 5) is 12.6. The van der Waals surface area contributed by atoms with Crippen LogP contribution >= 0.6 is 0 Å². The number of hydrogen-bond donors (Lipinski definition) is 2. The summed E-state index contributed by atoms with van der Waals surface area (Å²) in [6.45, 7) is 3.58. The number of aromatic amines is 1. The molecule has 0 atom stereocenters. The molecule has 0 saturated carbocycles. The molecule has 158 valence electrons. The number of aromatic nitrogens is 1. The molecule has 3 rings (SSSR count). The molecule has 0 aliphatic heterocycles. The summed E-state index contributed by atoms with van der Waals surface area (Å²) in [7, 11) is -4.09. The largest absolute Gasteiger partial charge is 0.493 e. The highest BCUT2D eigenvalue weighted by molar-refractivity contribution is 7.89. The number of nitro groups is 1. The first-order chi connectivity index (χ1) is 14.2. The molecule has 2 aromatic carbocycles. The Bertz CT molecular complexity index is 1250. The molecule has 0 aliphatic rings. The van der Waals surface area contributed by atoms with Crippen molar-refractivity contribution >= 4 is 38.0 Å². The van der Waals surface area contributed by atoms with Crippen molar-refractivity contribution in [3.8, 4) is 5.88 Å². The van der Waals surface area contributed by atoms with E-state index in [0.29, 0.717) is 5.52 Å². The Hall–Kier alpha value is -3.38. The van der Waals surface area contributed by atoms with Crippen molar-refractivity contribution in [2.75, 3.05) is 13.1 Å². The molecule has 0 amide bonds. The second kappa shape index (κ2) is 8.16. The minimum Gasteiger partial charge on any atom is -0.493 e. The molecule has 0 radical (unpaired) electrons. The van der Waals surface area contributed by atoms with Crippen LogP contribution < -0.4 is 0 Å². The summed E-state index contributed by atoms with van der Waals surface area (Å²) in [5, 5.41) is 29.2. The summed E-state index contributed by atoms with van der Waals surface area (Å²) in [6.07, 6.45) is 0. The Balaban J connectivity index is 2.16. The van der Waals surface area contributed by atoms with Crippen LogP contribution in [-0.4, -0.2) is 40.8 Å². The van der Waals surface area contributed by atoms with Gasteiger partial charge in [0.05, 0.1) is 10.4 Å². The Labute approximate surface area is 170 Å². The molecule has 0 aliphatic carbocycles. The van der Waals surface area contributed by atoms with E-state index in [1.807, 2.05) is 0 Å². The van der Waals surface area contributed by atoms with Gasteiger partial charge in [0.25, 0.3) is 5.69 Å². The second-order valence-electron chi connectivity index (χ2n) is 6.21. The summed E-state index contributed by atoms with van der Waals surface area (Å²) in [5.74, 6) is -0.938. The summed E-state index contributed by atoms with van der Waals surface area (Å²) < 4.78 is 40.7. The number of non-ortho nitro benzene ring substituents is 1. The van der Waals surface area contributed by atoms with Crippen LogP contribution in [0.5, 0.6) is 5.88 Å². The minimum atomic E-state index is -4.09. The van der Waals surface area contributed by atoms with Gasteiger partial charge in [0, 0.05) is 30.6 Å². The number of fused-ring (bicyclic) bond motifs is 1. The van der Waals surface area contributed by atoms with Gasteiger partial charge in [-0.1, -0.05) is 13.8 Å². The molecule has 0 bridgehead atoms. The van der Waals surface area contributed by atoms with Gasteiger partial charge in [-0.25, -0.2) is 12.8 Å². The lowest BCUT2D eigenvalue weighted by Gasteiger charge is -2.19. The van der Waals surface area contributed by atoms with E-state index in [9.17, 15) is 28.0 Å². The maximum Gasteiger partial charge on any atom is 0.270 e. The maximum atomic E-state index is 13.6. The fourth-order valence-electron chi connectivity index (χ4n) is 2.95. The third kappa shape index (κ3) is 3.86. The highest BCUT2D eigenvalue weighted by Gasteiger charge is 2.27. The molecule has 0 saturated heterocycles. The van der Waals surface area contributed by atoms with Crippen LogP contribution in [0.2, 0.25) is 0 Å². The number of hydrogen-bond acceptors (Lipinski definition) is 7. The summed E-state index contributed by atoms with van der Waals surface area (Å²) in [6, 6.07) is 6.92. The van der Waals surface area contributed by atoms with E-state index in [2.05, 4.69) is 15.2 Å². The quantitative estimate of drug-likeness (QED) is 0.322. The van der Waals surface area contributed by atoms with E-state index >= 15 is 0 Å². The number of benzene rings is 2. The highest BCUT2D eigenvalue weighted by Crippen LogP contribution is 2.38. The molecular formula is C18H18FN5O5S. The molecule has 0 fully saturated rings. The number of H-pyrrole nitrogens is 1. The lowest BCUT2D eigenvalue weighted by Crippen LogP contribution is -2.30. The Morgan fingerprint density at radius 2 is 1.87 bits per heavy atom. The SMILES string of the molecule is CCN(CC)S(=O)(=O)c1cc([N+](=O)[O-])ccc1N=Nc1c(O)[nH]c2ccc(F)cc12. The van der Waals surface area contributed by atoms with Crippen molar-refractivity contribution < 1.29 is 22.8 Å². The lowest BCUT2D eigenvalue weighted by molar-refractivity contribution is -0.385. The van der Waals surface area contributed by atoms with Gasteiger partial charge >= 0.3 is 0 Å². The van der Waals surface area contributed by atoms with Crippen LogP contribution in [0.3, 0.4) is 0 Å². The normalized spacial score (nSPS) is 12.3. The van der Waals surface area contributed by atoms with Gasteiger partial charge in [0.15, 0.2) is 5.69 Å². The predicted octanol–water partition coefficient (Wildman–Crippen LogP) is 4.37. The molecule has 1 aromatic heterocycles. The van der Waals surface area contributed by atoms with Gasteiger partial charge < -0.3 is 10.1 Å². The number of halogens is 1. The monoisotopic (exact) mass is 435 g/mol. The third-order valence-corrected chi connectivity index (χ3v) is 6.53. The second-order valence-corrected chi connectivity index (χ2v) is 8.12. The number of nitrogens with zero attached hydrogens (tertiary/aromatic N) is 4. The van der Waals surface area contributed by atoms with E-state index in [4.69, 9.17) is 0 Å². The van der Waals surface area contributed by atoms with Crippen molar-refractivity contribution in [3.05, 3.63) is 52.3 Å². The Morgan fingerprint density at radius 3 is 2.50 bits per heavy atom. The first-order valence-corrected chi connectivity index (χ1v) is 10.3. The zero-order chi connectivity index (χ0) is 22.1. The fourth-order valence-corrected chi connectivity index (χ4v) is 4.55. The molecule has 0 unspecified atom stereocenters. The van der Waals surface area contributed by atoms with Crippen LogP contribution in [0, 0.1) is 15.9 Å². The van der Waals surface area contributed by atoms with Crippen LogP contribution in [0.1, 0.15) is 13.8 Å². The van der Waals surface area contributed by atoms with E-state index in [1.54, 1.807) is 13.8 Å². The summed E-state index contributed by atoms with van der Waals surface area (Å²) in [5.41, 5.74) is -0.258. The lowest BCUT2D eigenvalue weighted by atomic mass is 10.2. The molecular weight excluding hydrogens is 417 g/mol. The number of rotatable bonds is 7. The van der Waals surface area contributed by atoms with Crippen molar-refractivity contribution in [1.82, 2.24) is 9.29 Å². The van der Waals surface area contributed by atoms with Crippen LogP contribution in [0.4, 0.5) is 21.5 Å². The average molecular weight is 435 g/mol. The molecule has 1 heterocycles. The molecule has 10 nitrogen and oxygen atoms in total. The number of azo groups is 1. The van der Waals surface area contributed by atoms with E-state index in [-0.39, 0.29) is 35.7 Å². The number of nitro benzene ring substituents is 1. The molecule has 3 aromatic rings. The van der Waals surface area contributed by atoms with Gasteiger partial charge in [0.2, 0.25) is 15.9 Å². The van der Waals surface area contributed by atoms with Gasteiger partial charge in [-0.05, 0) is 24.3 Å². The Morgan fingerprint density at radius 1 is 1.17 bits per heavy atom. The minimum absolute atomic E-state index is 0.0889. The topological polar surface area (TPSA) is 141 Å². The van der Waals surface area contributed by atoms with E-state index in [0.717, 1.165) is 28.6 Å². The van der Waals surface area contributed by atoms with Crippen molar-refractivity contribution in [3.63, 3.8) is 0 Å². The van der Waals surface area contributed by atoms with Crippen molar-refractivity contribution in [1.29, 1.82) is 0 Å². The van der Waals surface area contributed by atoms with Gasteiger partial charge in [-0.3, -0.25) is 10.1 Å². The standard InChI is InChI=1S/C18H18FN5O5S/c1-3-23(4-2)30(28,29)16-10-12(24(26)27)6-8-15(16)21-22-17-13-9-11(19)5-7-14(13)20-18(17)25/h5-10,20,25H,3-4H2,1-2H3. The predicted molar refractivity (Wildman–Crippen MR) is 107 cm³/mol. The molecule has 12 heteroatoms. The van der Waals surface area contributed by atoms with E-state index < -0.39 is 31.3 Å². The fraction of sp³-hybridized carbons (Fsp3) is 0.222. The van der Waals surface area contributed by atoms with Crippen LogP contribution in [0.25, 0.3) is 10.9 Å². The van der Waals surface area contributed by atoms with Crippen LogP contribution in [-0.2, 0) is 10.0 Å². The molecule has 30 heavy (non-hydrogen) atoms. The smallest absolute Gasteiger partial charge is 0.270 e. The first kappa shape index (κ1) is 21.3.